The van der Waals surface area contributed by atoms with Gasteiger partial charge in [-0.2, -0.15) is 0 Å². The van der Waals surface area contributed by atoms with E-state index in [1.54, 1.807) is 0 Å². The molecular weight excluding hydrogens is 665 g/mol. The highest BCUT2D eigenvalue weighted by atomic mass is 16.3. The van der Waals surface area contributed by atoms with Crippen molar-refractivity contribution < 1.29 is 8.83 Å². The zero-order valence-corrected chi connectivity index (χ0v) is 28.6. The largest absolute Gasteiger partial charge is 0.456 e. The third kappa shape index (κ3) is 4.34. The highest BCUT2D eigenvalue weighted by Gasteiger charge is 2.24. The monoisotopic (exact) mass is 690 g/mol. The predicted octanol–water partition coefficient (Wildman–Crippen LogP) is 12.6. The molecule has 0 aliphatic heterocycles. The minimum absolute atomic E-state index is 0.538. The second kappa shape index (κ2) is 11.0. The van der Waals surface area contributed by atoms with Crippen LogP contribution in [0.2, 0.25) is 0 Å². The van der Waals surface area contributed by atoms with Gasteiger partial charge in [-0.05, 0) is 74.8 Å². The number of fused-ring (bicyclic) bond motifs is 7. The molecule has 0 bridgehead atoms. The van der Waals surface area contributed by atoms with Gasteiger partial charge in [0.05, 0.1) is 0 Å². The van der Waals surface area contributed by atoms with Crippen LogP contribution in [0.4, 0.5) is 0 Å². The molecule has 0 saturated carbocycles. The van der Waals surface area contributed by atoms with E-state index in [1.165, 1.54) is 16.2 Å². The number of aromatic nitrogens is 4. The summed E-state index contributed by atoms with van der Waals surface area (Å²) in [6.45, 7) is 0. The van der Waals surface area contributed by atoms with E-state index in [1.807, 2.05) is 48.5 Å². The fourth-order valence-electron chi connectivity index (χ4n) is 8.09. The van der Waals surface area contributed by atoms with Crippen molar-refractivity contribution >= 4 is 76.1 Å². The zero-order valence-electron chi connectivity index (χ0n) is 28.6. The Bertz CT molecular complexity index is 3460. The van der Waals surface area contributed by atoms with Crippen LogP contribution in [0.5, 0.6) is 0 Å². The lowest BCUT2D eigenvalue weighted by Crippen LogP contribution is -2.00. The molecule has 0 saturated heterocycles. The Kier molecular flexibility index (Phi) is 5.96. The maximum atomic E-state index is 6.62. The number of nitrogens with zero attached hydrogens (tertiary/aromatic N) is 4. The van der Waals surface area contributed by atoms with Gasteiger partial charge in [-0.15, -0.1) is 0 Å². The first-order valence-corrected chi connectivity index (χ1v) is 18.0. The van der Waals surface area contributed by atoms with Crippen LogP contribution in [-0.4, -0.2) is 19.9 Å². The fraction of sp³-hybridized carbons (Fsp3) is 0. The number of rotatable bonds is 4. The molecule has 0 atom stereocenters. The Labute approximate surface area is 307 Å². The number of benzene rings is 9. The molecule has 0 aliphatic rings. The van der Waals surface area contributed by atoms with Gasteiger partial charge in [0.15, 0.2) is 23.1 Å². The topological polar surface area (TPSA) is 77.8 Å². The molecule has 0 N–H and O–H groups in total. The van der Waals surface area contributed by atoms with Crippen LogP contribution in [0.25, 0.3) is 122 Å². The molecule has 0 spiro atoms. The van der Waals surface area contributed by atoms with Crippen LogP contribution in [0.3, 0.4) is 0 Å². The van der Waals surface area contributed by atoms with Crippen molar-refractivity contribution in [3.05, 3.63) is 158 Å². The summed E-state index contributed by atoms with van der Waals surface area (Å²) in [5, 5.41) is 10.9. The lowest BCUT2D eigenvalue weighted by Gasteiger charge is -2.11. The number of furan rings is 1. The quantitative estimate of drug-likeness (QED) is 0.171. The highest BCUT2D eigenvalue weighted by Crippen LogP contribution is 2.45. The summed E-state index contributed by atoms with van der Waals surface area (Å²) >= 11 is 0. The van der Waals surface area contributed by atoms with Crippen molar-refractivity contribution in [1.82, 2.24) is 19.9 Å². The summed E-state index contributed by atoms with van der Waals surface area (Å²) in [7, 11) is 0. The van der Waals surface area contributed by atoms with Gasteiger partial charge in [-0.25, -0.2) is 19.9 Å². The molecule has 6 nitrogen and oxygen atoms in total. The molecule has 12 aromatic rings. The van der Waals surface area contributed by atoms with E-state index in [0.717, 1.165) is 76.6 Å². The molecule has 54 heavy (non-hydrogen) atoms. The second-order valence-corrected chi connectivity index (χ2v) is 13.8. The van der Waals surface area contributed by atoms with Crippen LogP contribution >= 0.6 is 0 Å². The van der Waals surface area contributed by atoms with Crippen LogP contribution in [0, 0.1) is 0 Å². The predicted molar refractivity (Wildman–Crippen MR) is 218 cm³/mol. The van der Waals surface area contributed by atoms with E-state index in [-0.39, 0.29) is 0 Å². The van der Waals surface area contributed by atoms with Crippen LogP contribution < -0.4 is 0 Å². The van der Waals surface area contributed by atoms with Crippen molar-refractivity contribution in [1.29, 1.82) is 0 Å². The van der Waals surface area contributed by atoms with Gasteiger partial charge in [-0.1, -0.05) is 115 Å². The summed E-state index contributed by atoms with van der Waals surface area (Å²) in [6.07, 6.45) is 0. The molecule has 3 heterocycles. The molecule has 9 aromatic carbocycles. The third-order valence-corrected chi connectivity index (χ3v) is 10.7. The molecule has 0 aliphatic carbocycles. The van der Waals surface area contributed by atoms with Crippen LogP contribution in [-0.2, 0) is 0 Å². The molecule has 0 radical (unpaired) electrons. The first-order chi connectivity index (χ1) is 26.7. The van der Waals surface area contributed by atoms with Crippen molar-refractivity contribution in [3.8, 4) is 45.6 Å². The smallest absolute Gasteiger partial charge is 0.227 e. The summed E-state index contributed by atoms with van der Waals surface area (Å²) < 4.78 is 13.2. The van der Waals surface area contributed by atoms with Crippen molar-refractivity contribution in [2.75, 3.05) is 0 Å². The summed E-state index contributed by atoms with van der Waals surface area (Å²) in [5.74, 6) is 2.29. The Morgan fingerprint density at radius 2 is 0.963 bits per heavy atom. The van der Waals surface area contributed by atoms with E-state index < -0.39 is 0 Å². The maximum Gasteiger partial charge on any atom is 0.227 e. The number of oxazole rings is 1. The van der Waals surface area contributed by atoms with Crippen molar-refractivity contribution in [3.63, 3.8) is 0 Å². The van der Waals surface area contributed by atoms with E-state index in [2.05, 4.69) is 109 Å². The third-order valence-electron chi connectivity index (χ3n) is 10.7. The van der Waals surface area contributed by atoms with Gasteiger partial charge in [-0.3, -0.25) is 0 Å². The minimum Gasteiger partial charge on any atom is -0.456 e. The van der Waals surface area contributed by atoms with Gasteiger partial charge in [0.2, 0.25) is 5.89 Å². The normalized spacial score (nSPS) is 12.1. The number of hydrogen-bond acceptors (Lipinski definition) is 6. The van der Waals surface area contributed by atoms with E-state index in [4.69, 9.17) is 28.8 Å². The maximum absolute atomic E-state index is 6.62. The molecule has 12 rings (SSSR count). The first kappa shape index (κ1) is 29.2. The fourth-order valence-corrected chi connectivity index (χ4v) is 8.09. The Hall–Kier alpha value is -7.44. The minimum atomic E-state index is 0.538. The highest BCUT2D eigenvalue weighted by molar-refractivity contribution is 6.31. The second-order valence-electron chi connectivity index (χ2n) is 13.8. The Morgan fingerprint density at radius 3 is 1.81 bits per heavy atom. The average Bonchev–Trinajstić information content (AvgIpc) is 3.86. The molecule has 0 fully saturated rings. The molecule has 250 valence electrons. The van der Waals surface area contributed by atoms with Gasteiger partial charge in [0.1, 0.15) is 16.7 Å². The standard InChI is InChI=1S/C48H26N4O2/c1-2-11-29(12-3-1)48-49-43-37-15-8-16-39-41(37)42-38(44(43)54-48)25-34(26-40(42)53-39)47-51-45(32-20-17-27-9-4-5-13-30(27)23-32)50-46(52-47)33-21-22-36-31(24-33)19-18-28-10-6-7-14-35(28)36/h1-26H. The molecular formula is C48H26N4O2. The first-order valence-electron chi connectivity index (χ1n) is 18.0. The lowest BCUT2D eigenvalue weighted by atomic mass is 9.98. The van der Waals surface area contributed by atoms with Crippen molar-refractivity contribution in [2.45, 2.75) is 0 Å². The van der Waals surface area contributed by atoms with Gasteiger partial charge < -0.3 is 8.83 Å². The van der Waals surface area contributed by atoms with Gasteiger partial charge in [0.25, 0.3) is 0 Å². The van der Waals surface area contributed by atoms with E-state index in [9.17, 15) is 0 Å². The summed E-state index contributed by atoms with van der Waals surface area (Å²) in [4.78, 5) is 20.5. The Morgan fingerprint density at radius 1 is 0.333 bits per heavy atom. The SMILES string of the molecule is c1ccc(-c2nc3c4cccc5oc6cc(-c7nc(-c8ccc9ccccc9c8)nc(-c8ccc9c(ccc%10ccccc%109)c8)n7)cc(c3o2)c6c54)cc1. The summed E-state index contributed by atoms with van der Waals surface area (Å²) in [6, 6.07) is 54.2. The molecule has 6 heteroatoms. The zero-order chi connectivity index (χ0) is 35.3. The summed E-state index contributed by atoms with van der Waals surface area (Å²) in [5.41, 5.74) is 6.56. The number of hydrogen-bond donors (Lipinski definition) is 0. The average molecular weight is 691 g/mol. The van der Waals surface area contributed by atoms with E-state index in [0.29, 0.717) is 28.9 Å². The lowest BCUT2D eigenvalue weighted by molar-refractivity contribution is 0.623. The Balaban J connectivity index is 1.11. The van der Waals surface area contributed by atoms with E-state index >= 15 is 0 Å². The van der Waals surface area contributed by atoms with Gasteiger partial charge >= 0.3 is 0 Å². The molecule has 0 amide bonds. The van der Waals surface area contributed by atoms with Gasteiger partial charge in [0, 0.05) is 43.8 Å². The van der Waals surface area contributed by atoms with Crippen molar-refractivity contribution in [2.24, 2.45) is 0 Å². The molecule has 3 aromatic heterocycles. The van der Waals surface area contributed by atoms with Crippen LogP contribution in [0.15, 0.2) is 167 Å². The molecule has 0 unspecified atom stereocenters. The van der Waals surface area contributed by atoms with Crippen LogP contribution in [0.1, 0.15) is 0 Å².